The highest BCUT2D eigenvalue weighted by Gasteiger charge is 2.35. The summed E-state index contributed by atoms with van der Waals surface area (Å²) in [6.07, 6.45) is 0. The number of hydrogen-bond acceptors (Lipinski definition) is 6. The first-order chi connectivity index (χ1) is 10.9. The van der Waals surface area contributed by atoms with Crippen LogP contribution >= 0.6 is 11.3 Å². The zero-order chi connectivity index (χ0) is 17.0. The third-order valence-corrected chi connectivity index (χ3v) is 4.72. The number of hydrogen-bond donors (Lipinski definition) is 0. The topological polar surface area (TPSA) is 66.0 Å². The van der Waals surface area contributed by atoms with Crippen molar-refractivity contribution >= 4 is 23.2 Å². The van der Waals surface area contributed by atoms with Gasteiger partial charge in [0, 0.05) is 39.2 Å². The molecular formula is C15H24N4O3S. The number of ether oxygens (including phenoxy) is 1. The van der Waals surface area contributed by atoms with E-state index >= 15 is 0 Å². The van der Waals surface area contributed by atoms with E-state index in [0.29, 0.717) is 19.6 Å². The second kappa shape index (κ2) is 7.85. The summed E-state index contributed by atoms with van der Waals surface area (Å²) in [5, 5.41) is 2.94. The van der Waals surface area contributed by atoms with Gasteiger partial charge in [0.05, 0.1) is 17.2 Å². The van der Waals surface area contributed by atoms with Crippen molar-refractivity contribution in [3.63, 3.8) is 0 Å². The van der Waals surface area contributed by atoms with E-state index in [2.05, 4.69) is 9.88 Å². The summed E-state index contributed by atoms with van der Waals surface area (Å²) < 4.78 is 4.93. The molecule has 2 rings (SSSR count). The highest BCUT2D eigenvalue weighted by Crippen LogP contribution is 2.15. The molecule has 0 bridgehead atoms. The first-order valence-corrected chi connectivity index (χ1v) is 8.43. The van der Waals surface area contributed by atoms with Gasteiger partial charge < -0.3 is 19.4 Å². The van der Waals surface area contributed by atoms with E-state index in [0.717, 1.165) is 17.2 Å². The SMILES string of the molecule is COCC(=O)N1CCN(C)C[C@H]1C(=O)N(C)Cc1csc(C)n1. The fourth-order valence-electron chi connectivity index (χ4n) is 2.69. The van der Waals surface area contributed by atoms with Gasteiger partial charge in [-0.1, -0.05) is 0 Å². The van der Waals surface area contributed by atoms with Crippen molar-refractivity contribution in [1.82, 2.24) is 19.7 Å². The maximum atomic E-state index is 12.8. The van der Waals surface area contributed by atoms with Gasteiger partial charge in [0.15, 0.2) is 0 Å². The van der Waals surface area contributed by atoms with E-state index in [9.17, 15) is 9.59 Å². The zero-order valence-corrected chi connectivity index (χ0v) is 14.9. The Hall–Kier alpha value is -1.51. The van der Waals surface area contributed by atoms with E-state index in [1.807, 2.05) is 19.4 Å². The quantitative estimate of drug-likeness (QED) is 0.766. The molecule has 23 heavy (non-hydrogen) atoms. The van der Waals surface area contributed by atoms with Gasteiger partial charge in [-0.25, -0.2) is 4.98 Å². The molecule has 0 unspecified atom stereocenters. The molecule has 1 aromatic rings. The lowest BCUT2D eigenvalue weighted by Gasteiger charge is -2.40. The maximum Gasteiger partial charge on any atom is 0.249 e. The molecule has 0 aromatic carbocycles. The molecule has 0 spiro atoms. The largest absolute Gasteiger partial charge is 0.375 e. The van der Waals surface area contributed by atoms with Gasteiger partial charge in [-0.05, 0) is 14.0 Å². The summed E-state index contributed by atoms with van der Waals surface area (Å²) in [5.74, 6) is -0.205. The third-order valence-electron chi connectivity index (χ3n) is 3.90. The van der Waals surface area contributed by atoms with Crippen LogP contribution in [-0.2, 0) is 20.9 Å². The molecule has 128 valence electrons. The number of nitrogens with zero attached hydrogens (tertiary/aromatic N) is 4. The molecule has 8 heteroatoms. The van der Waals surface area contributed by atoms with Crippen molar-refractivity contribution in [3.8, 4) is 0 Å². The lowest BCUT2D eigenvalue weighted by atomic mass is 10.1. The maximum absolute atomic E-state index is 12.8. The number of thiazole rings is 1. The van der Waals surface area contributed by atoms with Crippen molar-refractivity contribution in [2.75, 3.05) is 47.4 Å². The van der Waals surface area contributed by atoms with E-state index in [-0.39, 0.29) is 18.4 Å². The monoisotopic (exact) mass is 340 g/mol. The number of piperazine rings is 1. The smallest absolute Gasteiger partial charge is 0.249 e. The Morgan fingerprint density at radius 1 is 1.48 bits per heavy atom. The second-order valence-electron chi connectivity index (χ2n) is 5.85. The van der Waals surface area contributed by atoms with Crippen molar-refractivity contribution in [2.45, 2.75) is 19.5 Å². The van der Waals surface area contributed by atoms with E-state index < -0.39 is 6.04 Å². The van der Waals surface area contributed by atoms with Crippen molar-refractivity contribution in [3.05, 3.63) is 16.1 Å². The van der Waals surface area contributed by atoms with Crippen LogP contribution in [0.2, 0.25) is 0 Å². The number of methoxy groups -OCH3 is 1. The number of amides is 2. The average molecular weight is 340 g/mol. The molecule has 1 aliphatic heterocycles. The number of carbonyl (C=O) groups is 2. The molecule has 0 saturated carbocycles. The van der Waals surface area contributed by atoms with Crippen LogP contribution in [0.3, 0.4) is 0 Å². The molecule has 0 aliphatic carbocycles. The van der Waals surface area contributed by atoms with Gasteiger partial charge in [0.2, 0.25) is 11.8 Å². The minimum atomic E-state index is -0.471. The van der Waals surface area contributed by atoms with E-state index in [1.165, 1.54) is 7.11 Å². The molecule has 2 amide bonds. The molecule has 0 radical (unpaired) electrons. The van der Waals surface area contributed by atoms with Crippen molar-refractivity contribution in [2.24, 2.45) is 0 Å². The summed E-state index contributed by atoms with van der Waals surface area (Å²) in [5.41, 5.74) is 0.877. The molecule has 2 heterocycles. The minimum absolute atomic E-state index is 0.00247. The summed E-state index contributed by atoms with van der Waals surface area (Å²) in [7, 11) is 5.20. The van der Waals surface area contributed by atoms with Crippen LogP contribution in [0.4, 0.5) is 0 Å². The first kappa shape index (κ1) is 17.8. The Balaban J connectivity index is 2.07. The molecule has 1 fully saturated rings. The molecule has 1 aromatic heterocycles. The number of likely N-dealkylation sites (N-methyl/N-ethyl adjacent to an activating group) is 2. The van der Waals surface area contributed by atoms with Crippen LogP contribution in [0.5, 0.6) is 0 Å². The highest BCUT2D eigenvalue weighted by atomic mass is 32.1. The van der Waals surface area contributed by atoms with Gasteiger partial charge in [0.1, 0.15) is 12.6 Å². The molecule has 1 saturated heterocycles. The number of aryl methyl sites for hydroxylation is 1. The van der Waals surface area contributed by atoms with Crippen LogP contribution in [0.15, 0.2) is 5.38 Å². The predicted molar refractivity (Wildman–Crippen MR) is 88.2 cm³/mol. The Labute approximate surface area is 140 Å². The summed E-state index contributed by atoms with van der Waals surface area (Å²) in [6, 6.07) is -0.471. The number of aromatic nitrogens is 1. The lowest BCUT2D eigenvalue weighted by molar-refractivity contribution is -0.150. The van der Waals surface area contributed by atoms with Gasteiger partial charge in [0.25, 0.3) is 0 Å². The Kier molecular flexibility index (Phi) is 6.09. The van der Waals surface area contributed by atoms with E-state index in [1.54, 1.807) is 28.2 Å². The summed E-state index contributed by atoms with van der Waals surface area (Å²) in [4.78, 5) is 34.8. The van der Waals surface area contributed by atoms with Gasteiger partial charge in [-0.2, -0.15) is 0 Å². The Morgan fingerprint density at radius 3 is 2.83 bits per heavy atom. The van der Waals surface area contributed by atoms with Crippen LogP contribution < -0.4 is 0 Å². The van der Waals surface area contributed by atoms with E-state index in [4.69, 9.17) is 4.74 Å². The minimum Gasteiger partial charge on any atom is -0.375 e. The predicted octanol–water partition coefficient (Wildman–Crippen LogP) is 0.199. The Morgan fingerprint density at radius 2 is 2.22 bits per heavy atom. The highest BCUT2D eigenvalue weighted by molar-refractivity contribution is 7.09. The number of rotatable bonds is 5. The fraction of sp³-hybridized carbons (Fsp3) is 0.667. The van der Waals surface area contributed by atoms with Crippen LogP contribution in [0.1, 0.15) is 10.7 Å². The zero-order valence-electron chi connectivity index (χ0n) is 14.1. The van der Waals surface area contributed by atoms with Gasteiger partial charge >= 0.3 is 0 Å². The van der Waals surface area contributed by atoms with Crippen LogP contribution in [0, 0.1) is 6.92 Å². The normalized spacial score (nSPS) is 19.0. The van der Waals surface area contributed by atoms with Crippen LogP contribution in [0.25, 0.3) is 0 Å². The standard InChI is InChI=1S/C15H24N4O3S/c1-11-16-12(10-23-11)7-18(3)15(21)13-8-17(2)5-6-19(13)14(20)9-22-4/h10,13H,5-9H2,1-4H3/t13-/m0/s1. The molecule has 1 aliphatic rings. The number of carbonyl (C=O) groups excluding carboxylic acids is 2. The van der Waals surface area contributed by atoms with Crippen molar-refractivity contribution < 1.29 is 14.3 Å². The van der Waals surface area contributed by atoms with Gasteiger partial charge in [-0.15, -0.1) is 11.3 Å². The summed E-state index contributed by atoms with van der Waals surface area (Å²) >= 11 is 1.57. The average Bonchev–Trinajstić information content (AvgIpc) is 2.91. The molecule has 0 N–H and O–H groups in total. The Bertz CT molecular complexity index is 563. The third kappa shape index (κ3) is 4.49. The fourth-order valence-corrected chi connectivity index (χ4v) is 3.30. The molecule has 7 nitrogen and oxygen atoms in total. The first-order valence-electron chi connectivity index (χ1n) is 7.55. The molecular weight excluding hydrogens is 316 g/mol. The van der Waals surface area contributed by atoms with Gasteiger partial charge in [-0.3, -0.25) is 9.59 Å². The van der Waals surface area contributed by atoms with Crippen LogP contribution in [-0.4, -0.2) is 85.0 Å². The lowest BCUT2D eigenvalue weighted by Crippen LogP contribution is -2.60. The second-order valence-corrected chi connectivity index (χ2v) is 6.91. The molecule has 1 atom stereocenters. The van der Waals surface area contributed by atoms with Crippen molar-refractivity contribution in [1.29, 1.82) is 0 Å². The summed E-state index contributed by atoms with van der Waals surface area (Å²) in [6.45, 7) is 4.23.